The highest BCUT2D eigenvalue weighted by atomic mass is 19.4. The van der Waals surface area contributed by atoms with Crippen LogP contribution in [0.4, 0.5) is 13.2 Å². The minimum atomic E-state index is -4.88. The molecule has 1 heterocycles. The SMILES string of the molecule is O=C(c1cn(C2CCCC2)nn1)C(F)(F)F. The first-order valence-corrected chi connectivity index (χ1v) is 5.02. The van der Waals surface area contributed by atoms with E-state index in [1.165, 1.54) is 4.68 Å². The van der Waals surface area contributed by atoms with Gasteiger partial charge in [-0.15, -0.1) is 5.10 Å². The number of Topliss-reactive ketones (excluding diaryl/α,β-unsaturated/α-hetero) is 1. The van der Waals surface area contributed by atoms with Crippen molar-refractivity contribution in [1.82, 2.24) is 15.0 Å². The lowest BCUT2D eigenvalue weighted by Gasteiger charge is -2.06. The summed E-state index contributed by atoms with van der Waals surface area (Å²) in [5.41, 5.74) is -0.626. The van der Waals surface area contributed by atoms with Gasteiger partial charge in [0.1, 0.15) is 0 Å². The van der Waals surface area contributed by atoms with Crippen LogP contribution in [0.2, 0.25) is 0 Å². The van der Waals surface area contributed by atoms with Gasteiger partial charge in [-0.3, -0.25) is 4.79 Å². The molecule has 88 valence electrons. The molecule has 0 N–H and O–H groups in total. The highest BCUT2D eigenvalue weighted by Crippen LogP contribution is 2.29. The fourth-order valence-electron chi connectivity index (χ4n) is 1.87. The topological polar surface area (TPSA) is 47.8 Å². The molecule has 0 unspecified atom stereocenters. The maximum absolute atomic E-state index is 12.1. The Morgan fingerprint density at radius 2 is 2.00 bits per heavy atom. The molecule has 0 aliphatic heterocycles. The summed E-state index contributed by atoms with van der Waals surface area (Å²) in [4.78, 5) is 10.9. The van der Waals surface area contributed by atoms with Gasteiger partial charge in [0.15, 0.2) is 5.69 Å². The van der Waals surface area contributed by atoms with Crippen molar-refractivity contribution in [2.45, 2.75) is 37.9 Å². The molecule has 2 rings (SSSR count). The molecule has 1 aromatic heterocycles. The fourth-order valence-corrected chi connectivity index (χ4v) is 1.87. The molecule has 0 amide bonds. The number of rotatable bonds is 2. The van der Waals surface area contributed by atoms with Crippen molar-refractivity contribution in [2.24, 2.45) is 0 Å². The number of alkyl halides is 3. The molecule has 1 aliphatic rings. The van der Waals surface area contributed by atoms with E-state index < -0.39 is 17.7 Å². The van der Waals surface area contributed by atoms with Crippen molar-refractivity contribution in [2.75, 3.05) is 0 Å². The minimum Gasteiger partial charge on any atom is -0.282 e. The van der Waals surface area contributed by atoms with E-state index in [1.54, 1.807) is 0 Å². The van der Waals surface area contributed by atoms with E-state index in [0.717, 1.165) is 31.9 Å². The quantitative estimate of drug-likeness (QED) is 0.735. The van der Waals surface area contributed by atoms with Crippen molar-refractivity contribution in [1.29, 1.82) is 0 Å². The summed E-state index contributed by atoms with van der Waals surface area (Å²) < 4.78 is 37.7. The van der Waals surface area contributed by atoms with Crippen LogP contribution in [-0.4, -0.2) is 27.0 Å². The molecule has 7 heteroatoms. The minimum absolute atomic E-state index is 0.0854. The first-order chi connectivity index (χ1) is 7.48. The van der Waals surface area contributed by atoms with E-state index in [1.807, 2.05) is 0 Å². The molecule has 16 heavy (non-hydrogen) atoms. The van der Waals surface area contributed by atoms with Crippen LogP contribution in [0.3, 0.4) is 0 Å². The molecular formula is C9H10F3N3O. The Morgan fingerprint density at radius 3 is 2.56 bits per heavy atom. The van der Waals surface area contributed by atoms with E-state index in [2.05, 4.69) is 10.3 Å². The zero-order valence-corrected chi connectivity index (χ0v) is 8.37. The van der Waals surface area contributed by atoms with Gasteiger partial charge in [-0.25, -0.2) is 4.68 Å². The maximum Gasteiger partial charge on any atom is 0.456 e. The maximum atomic E-state index is 12.1. The van der Waals surface area contributed by atoms with Gasteiger partial charge < -0.3 is 0 Å². The van der Waals surface area contributed by atoms with E-state index in [4.69, 9.17) is 0 Å². The van der Waals surface area contributed by atoms with Gasteiger partial charge in [0.05, 0.1) is 12.2 Å². The molecule has 0 atom stereocenters. The third-order valence-electron chi connectivity index (χ3n) is 2.70. The molecule has 1 fully saturated rings. The Bertz CT molecular complexity index is 393. The highest BCUT2D eigenvalue weighted by molar-refractivity contribution is 5.98. The van der Waals surface area contributed by atoms with Crippen molar-refractivity contribution < 1.29 is 18.0 Å². The normalized spacial score (nSPS) is 17.9. The molecule has 0 aromatic carbocycles. The third kappa shape index (κ3) is 2.07. The Morgan fingerprint density at radius 1 is 1.38 bits per heavy atom. The molecule has 1 saturated carbocycles. The summed E-state index contributed by atoms with van der Waals surface area (Å²) in [6.45, 7) is 0. The van der Waals surface area contributed by atoms with Crippen LogP contribution in [0.5, 0.6) is 0 Å². The number of carbonyl (C=O) groups is 1. The van der Waals surface area contributed by atoms with E-state index in [0.29, 0.717) is 0 Å². The Labute approximate surface area is 89.4 Å². The van der Waals surface area contributed by atoms with Gasteiger partial charge in [0, 0.05) is 0 Å². The number of carbonyl (C=O) groups excluding carboxylic acids is 1. The summed E-state index contributed by atoms with van der Waals surface area (Å²) >= 11 is 0. The Hall–Kier alpha value is -1.40. The number of aromatic nitrogens is 3. The van der Waals surface area contributed by atoms with Crippen LogP contribution in [0.1, 0.15) is 42.2 Å². The smallest absolute Gasteiger partial charge is 0.282 e. The molecule has 0 saturated heterocycles. The predicted molar refractivity (Wildman–Crippen MR) is 47.9 cm³/mol. The van der Waals surface area contributed by atoms with Crippen molar-refractivity contribution >= 4 is 5.78 Å². The highest BCUT2D eigenvalue weighted by Gasteiger charge is 2.41. The molecule has 0 bridgehead atoms. The third-order valence-corrected chi connectivity index (χ3v) is 2.70. The monoisotopic (exact) mass is 233 g/mol. The summed E-state index contributed by atoms with van der Waals surface area (Å²) in [6.07, 6.45) is 0.0362. The summed E-state index contributed by atoms with van der Waals surface area (Å²) in [5.74, 6) is -1.93. The van der Waals surface area contributed by atoms with Gasteiger partial charge >= 0.3 is 6.18 Å². The number of halogens is 3. The van der Waals surface area contributed by atoms with Gasteiger partial charge in [-0.05, 0) is 12.8 Å². The molecule has 4 nitrogen and oxygen atoms in total. The zero-order chi connectivity index (χ0) is 11.8. The van der Waals surface area contributed by atoms with E-state index >= 15 is 0 Å². The summed E-state index contributed by atoms with van der Waals surface area (Å²) in [5, 5.41) is 6.85. The number of ketones is 1. The van der Waals surface area contributed by atoms with Crippen molar-refractivity contribution in [3.63, 3.8) is 0 Å². The predicted octanol–water partition coefficient (Wildman–Crippen LogP) is 2.14. The van der Waals surface area contributed by atoms with E-state index in [-0.39, 0.29) is 6.04 Å². The van der Waals surface area contributed by atoms with Crippen LogP contribution in [0.25, 0.3) is 0 Å². The van der Waals surface area contributed by atoms with Crippen LogP contribution >= 0.6 is 0 Å². The summed E-state index contributed by atoms with van der Waals surface area (Å²) in [6, 6.07) is 0.0854. The van der Waals surface area contributed by atoms with E-state index in [9.17, 15) is 18.0 Å². The average molecular weight is 233 g/mol. The molecular weight excluding hydrogens is 223 g/mol. The first kappa shape index (κ1) is 11.1. The number of hydrogen-bond donors (Lipinski definition) is 0. The van der Waals surface area contributed by atoms with Crippen LogP contribution < -0.4 is 0 Å². The largest absolute Gasteiger partial charge is 0.456 e. The standard InChI is InChI=1S/C9H10F3N3O/c10-9(11,12)8(16)7-5-15(14-13-7)6-3-1-2-4-6/h5-6H,1-4H2. The number of hydrogen-bond acceptors (Lipinski definition) is 3. The van der Waals surface area contributed by atoms with Crippen molar-refractivity contribution in [3.8, 4) is 0 Å². The lowest BCUT2D eigenvalue weighted by Crippen LogP contribution is -2.23. The second-order valence-corrected chi connectivity index (χ2v) is 3.85. The van der Waals surface area contributed by atoms with Crippen LogP contribution in [0.15, 0.2) is 6.20 Å². The van der Waals surface area contributed by atoms with Crippen LogP contribution in [0, 0.1) is 0 Å². The molecule has 0 radical (unpaired) electrons. The lowest BCUT2D eigenvalue weighted by molar-refractivity contribution is -0.0888. The average Bonchev–Trinajstić information content (AvgIpc) is 2.85. The fraction of sp³-hybridized carbons (Fsp3) is 0.667. The summed E-state index contributed by atoms with van der Waals surface area (Å²) in [7, 11) is 0. The van der Waals surface area contributed by atoms with Gasteiger partial charge in [-0.1, -0.05) is 18.1 Å². The zero-order valence-electron chi connectivity index (χ0n) is 8.37. The second kappa shape index (κ2) is 3.88. The Kier molecular flexibility index (Phi) is 2.69. The van der Waals surface area contributed by atoms with Gasteiger partial charge in [0.2, 0.25) is 0 Å². The molecule has 1 aliphatic carbocycles. The van der Waals surface area contributed by atoms with Crippen LogP contribution in [-0.2, 0) is 0 Å². The molecule has 1 aromatic rings. The molecule has 0 spiro atoms. The van der Waals surface area contributed by atoms with Gasteiger partial charge in [-0.2, -0.15) is 13.2 Å². The van der Waals surface area contributed by atoms with Gasteiger partial charge in [0.25, 0.3) is 5.78 Å². The lowest BCUT2D eigenvalue weighted by atomic mass is 10.2. The number of nitrogens with zero attached hydrogens (tertiary/aromatic N) is 3. The Balaban J connectivity index is 2.16. The second-order valence-electron chi connectivity index (χ2n) is 3.85. The van der Waals surface area contributed by atoms with Crippen molar-refractivity contribution in [3.05, 3.63) is 11.9 Å². The first-order valence-electron chi connectivity index (χ1n) is 5.02.